The minimum Gasteiger partial charge on any atom is -0.357 e. The van der Waals surface area contributed by atoms with Gasteiger partial charge in [0.15, 0.2) is 0 Å². The number of nitrogens with one attached hydrogen (secondary N) is 1. The zero-order valence-corrected chi connectivity index (χ0v) is 14.0. The highest BCUT2D eigenvalue weighted by Gasteiger charge is 2.19. The highest BCUT2D eigenvalue weighted by molar-refractivity contribution is 7.99. The van der Waals surface area contributed by atoms with Gasteiger partial charge in [-0.1, -0.05) is 35.5 Å². The molecule has 112 valence electrons. The van der Waals surface area contributed by atoms with Crippen LogP contribution in [0.1, 0.15) is 11.3 Å². The Hall–Kier alpha value is -1.42. The van der Waals surface area contributed by atoms with Crippen molar-refractivity contribution in [2.45, 2.75) is 22.8 Å². The minimum absolute atomic E-state index is 0.779. The lowest BCUT2D eigenvalue weighted by Crippen LogP contribution is -2.25. The third kappa shape index (κ3) is 2.54. The molecule has 1 aliphatic heterocycles. The number of halogens is 1. The summed E-state index contributed by atoms with van der Waals surface area (Å²) in [6.45, 7) is 2.16. The molecule has 1 N–H and O–H groups in total. The van der Waals surface area contributed by atoms with Gasteiger partial charge in [0.1, 0.15) is 0 Å². The number of para-hydroxylation sites is 1. The fourth-order valence-electron chi connectivity index (χ4n) is 3.06. The number of rotatable bonds is 2. The van der Waals surface area contributed by atoms with E-state index in [0.717, 1.165) is 24.5 Å². The molecule has 0 unspecified atom stereocenters. The summed E-state index contributed by atoms with van der Waals surface area (Å²) in [7, 11) is 2.19. The van der Waals surface area contributed by atoms with Crippen molar-refractivity contribution in [3.05, 3.63) is 58.7 Å². The van der Waals surface area contributed by atoms with Crippen LogP contribution < -0.4 is 0 Å². The lowest BCUT2D eigenvalue weighted by atomic mass is 10.1. The SMILES string of the molecule is CN1CCc2[nH]c3c(Sc4ccc(Cl)cc4)cccc3c2C1. The predicted octanol–water partition coefficient (Wildman–Crippen LogP) is 4.96. The van der Waals surface area contributed by atoms with Crippen LogP contribution in [0.2, 0.25) is 5.02 Å². The largest absolute Gasteiger partial charge is 0.357 e. The van der Waals surface area contributed by atoms with E-state index in [1.807, 2.05) is 12.1 Å². The van der Waals surface area contributed by atoms with E-state index in [4.69, 9.17) is 11.6 Å². The molecule has 0 spiro atoms. The second-order valence-electron chi connectivity index (χ2n) is 5.80. The summed E-state index contributed by atoms with van der Waals surface area (Å²) in [6.07, 6.45) is 1.10. The standard InChI is InChI=1S/C18H17ClN2S/c1-21-10-9-16-15(11-21)14-3-2-4-17(18(14)20-16)22-13-7-5-12(19)6-8-13/h2-8,20H,9-11H2,1H3. The smallest absolute Gasteiger partial charge is 0.0601 e. The molecule has 2 aromatic carbocycles. The van der Waals surface area contributed by atoms with Crippen LogP contribution in [0.4, 0.5) is 0 Å². The van der Waals surface area contributed by atoms with Gasteiger partial charge in [0.25, 0.3) is 0 Å². The Balaban J connectivity index is 1.77. The molecule has 1 aliphatic rings. The van der Waals surface area contributed by atoms with Gasteiger partial charge in [-0.25, -0.2) is 0 Å². The summed E-state index contributed by atoms with van der Waals surface area (Å²) in [5.41, 5.74) is 4.13. The third-order valence-electron chi connectivity index (χ3n) is 4.20. The van der Waals surface area contributed by atoms with Crippen molar-refractivity contribution in [2.24, 2.45) is 0 Å². The lowest BCUT2D eigenvalue weighted by Gasteiger charge is -2.22. The first kappa shape index (κ1) is 14.2. The van der Waals surface area contributed by atoms with E-state index in [0.29, 0.717) is 0 Å². The van der Waals surface area contributed by atoms with E-state index in [9.17, 15) is 0 Å². The molecule has 2 heterocycles. The quantitative estimate of drug-likeness (QED) is 0.717. The van der Waals surface area contributed by atoms with Crippen molar-refractivity contribution >= 4 is 34.3 Å². The van der Waals surface area contributed by atoms with Crippen molar-refractivity contribution in [2.75, 3.05) is 13.6 Å². The molecule has 0 atom stereocenters. The molecule has 22 heavy (non-hydrogen) atoms. The molecule has 0 radical (unpaired) electrons. The van der Waals surface area contributed by atoms with Gasteiger partial charge >= 0.3 is 0 Å². The number of hydrogen-bond donors (Lipinski definition) is 1. The van der Waals surface area contributed by atoms with Crippen molar-refractivity contribution in [1.29, 1.82) is 0 Å². The molecular formula is C18H17ClN2S. The van der Waals surface area contributed by atoms with Crippen molar-refractivity contribution < 1.29 is 0 Å². The zero-order valence-electron chi connectivity index (χ0n) is 12.4. The molecule has 4 heteroatoms. The number of hydrogen-bond acceptors (Lipinski definition) is 2. The summed E-state index contributed by atoms with van der Waals surface area (Å²) in [5, 5.41) is 2.14. The first-order chi connectivity index (χ1) is 10.7. The predicted molar refractivity (Wildman–Crippen MR) is 93.9 cm³/mol. The summed E-state index contributed by atoms with van der Waals surface area (Å²) in [6, 6.07) is 14.6. The molecular weight excluding hydrogens is 312 g/mol. The Morgan fingerprint density at radius 1 is 1.14 bits per heavy atom. The van der Waals surface area contributed by atoms with E-state index in [1.165, 1.54) is 32.0 Å². The van der Waals surface area contributed by atoms with Crippen LogP contribution >= 0.6 is 23.4 Å². The maximum Gasteiger partial charge on any atom is 0.0601 e. The number of fused-ring (bicyclic) bond motifs is 3. The van der Waals surface area contributed by atoms with Crippen LogP contribution in [0.3, 0.4) is 0 Å². The summed E-state index contributed by atoms with van der Waals surface area (Å²) >= 11 is 7.76. The topological polar surface area (TPSA) is 19.0 Å². The van der Waals surface area contributed by atoms with Gasteiger partial charge in [-0.05, 0) is 42.9 Å². The fraction of sp³-hybridized carbons (Fsp3) is 0.222. The molecule has 1 aromatic heterocycles. The average Bonchev–Trinajstić information content (AvgIpc) is 2.89. The van der Waals surface area contributed by atoms with Gasteiger partial charge in [-0.15, -0.1) is 0 Å². The number of likely N-dealkylation sites (N-methyl/N-ethyl adjacent to an activating group) is 1. The number of aromatic amines is 1. The second kappa shape index (κ2) is 5.65. The first-order valence-corrected chi connectivity index (χ1v) is 8.64. The molecule has 2 nitrogen and oxygen atoms in total. The maximum atomic E-state index is 5.97. The molecule has 0 saturated heterocycles. The normalized spacial score (nSPS) is 15.2. The molecule has 0 aliphatic carbocycles. The summed E-state index contributed by atoms with van der Waals surface area (Å²) in [4.78, 5) is 8.53. The molecule has 0 fully saturated rings. The Bertz CT molecular complexity index is 823. The van der Waals surface area contributed by atoms with Crippen LogP contribution in [0.15, 0.2) is 52.3 Å². The third-order valence-corrected chi connectivity index (χ3v) is 5.52. The monoisotopic (exact) mass is 328 g/mol. The van der Waals surface area contributed by atoms with Gasteiger partial charge in [0.2, 0.25) is 0 Å². The van der Waals surface area contributed by atoms with Crippen LogP contribution in [0.25, 0.3) is 10.9 Å². The van der Waals surface area contributed by atoms with E-state index >= 15 is 0 Å². The summed E-state index contributed by atoms with van der Waals surface area (Å²) in [5.74, 6) is 0. The van der Waals surface area contributed by atoms with Crippen LogP contribution in [0, 0.1) is 0 Å². The van der Waals surface area contributed by atoms with Crippen LogP contribution in [-0.4, -0.2) is 23.5 Å². The van der Waals surface area contributed by atoms with E-state index in [2.05, 4.69) is 47.3 Å². The average molecular weight is 329 g/mol. The Morgan fingerprint density at radius 3 is 2.77 bits per heavy atom. The number of nitrogens with zero attached hydrogens (tertiary/aromatic N) is 1. The zero-order chi connectivity index (χ0) is 15.1. The highest BCUT2D eigenvalue weighted by Crippen LogP contribution is 2.36. The highest BCUT2D eigenvalue weighted by atomic mass is 35.5. The number of benzene rings is 2. The number of H-pyrrole nitrogens is 1. The lowest BCUT2D eigenvalue weighted by molar-refractivity contribution is 0.313. The van der Waals surface area contributed by atoms with Crippen LogP contribution in [0.5, 0.6) is 0 Å². The van der Waals surface area contributed by atoms with E-state index in [-0.39, 0.29) is 0 Å². The molecule has 0 bridgehead atoms. The second-order valence-corrected chi connectivity index (χ2v) is 7.36. The van der Waals surface area contributed by atoms with Crippen LogP contribution in [-0.2, 0) is 13.0 Å². The van der Waals surface area contributed by atoms with E-state index in [1.54, 1.807) is 11.8 Å². The Kier molecular flexibility index (Phi) is 3.65. The Labute approximate surface area is 139 Å². The molecule has 0 amide bonds. The van der Waals surface area contributed by atoms with Gasteiger partial charge in [0, 0.05) is 45.4 Å². The minimum atomic E-state index is 0.779. The van der Waals surface area contributed by atoms with Crippen molar-refractivity contribution in [1.82, 2.24) is 9.88 Å². The van der Waals surface area contributed by atoms with Crippen molar-refractivity contribution in [3.63, 3.8) is 0 Å². The van der Waals surface area contributed by atoms with Crippen molar-refractivity contribution in [3.8, 4) is 0 Å². The van der Waals surface area contributed by atoms with E-state index < -0.39 is 0 Å². The number of aromatic nitrogens is 1. The molecule has 3 aromatic rings. The van der Waals surface area contributed by atoms with Gasteiger partial charge in [-0.3, -0.25) is 0 Å². The molecule has 4 rings (SSSR count). The maximum absolute atomic E-state index is 5.97. The first-order valence-electron chi connectivity index (χ1n) is 7.45. The molecule has 0 saturated carbocycles. The van der Waals surface area contributed by atoms with Gasteiger partial charge in [-0.2, -0.15) is 0 Å². The van der Waals surface area contributed by atoms with Gasteiger partial charge < -0.3 is 9.88 Å². The Morgan fingerprint density at radius 2 is 1.95 bits per heavy atom. The fourth-order valence-corrected chi connectivity index (χ4v) is 4.12. The van der Waals surface area contributed by atoms with Gasteiger partial charge in [0.05, 0.1) is 5.52 Å². The summed E-state index contributed by atoms with van der Waals surface area (Å²) < 4.78 is 0.